The molecule has 24 heavy (non-hydrogen) atoms. The Morgan fingerprint density at radius 3 is 2.62 bits per heavy atom. The minimum absolute atomic E-state index is 0.0741. The van der Waals surface area contributed by atoms with Crippen LogP contribution in [0.3, 0.4) is 0 Å². The van der Waals surface area contributed by atoms with Crippen molar-refractivity contribution in [2.75, 3.05) is 19.8 Å². The zero-order valence-electron chi connectivity index (χ0n) is 14.7. The lowest BCUT2D eigenvalue weighted by molar-refractivity contribution is -0.145. The highest BCUT2D eigenvalue weighted by Gasteiger charge is 2.36. The van der Waals surface area contributed by atoms with Crippen molar-refractivity contribution in [3.8, 4) is 0 Å². The fraction of sp³-hybridized carbons (Fsp3) is 0.706. The van der Waals surface area contributed by atoms with E-state index in [0.29, 0.717) is 19.4 Å². The quantitative estimate of drug-likeness (QED) is 0.511. The summed E-state index contributed by atoms with van der Waals surface area (Å²) in [4.78, 5) is 37.6. The maximum Gasteiger partial charge on any atom is 0.328 e. The molecule has 2 N–H and O–H groups in total. The molecule has 0 bridgehead atoms. The zero-order chi connectivity index (χ0) is 18.3. The van der Waals surface area contributed by atoms with Gasteiger partial charge in [0.1, 0.15) is 6.04 Å². The molecule has 2 unspecified atom stereocenters. The van der Waals surface area contributed by atoms with Crippen LogP contribution in [-0.2, 0) is 19.1 Å². The Bertz CT molecular complexity index is 484. The van der Waals surface area contributed by atoms with E-state index in [1.807, 2.05) is 20.8 Å². The Hall–Kier alpha value is -1.89. The third-order valence-electron chi connectivity index (χ3n) is 3.69. The lowest BCUT2D eigenvalue weighted by atomic mass is 9.91. The van der Waals surface area contributed by atoms with E-state index >= 15 is 0 Å². The molecule has 136 valence electrons. The number of carbonyl (C=O) groups excluding carboxylic acids is 2. The van der Waals surface area contributed by atoms with E-state index in [2.05, 4.69) is 11.9 Å². The lowest BCUT2D eigenvalue weighted by Crippen LogP contribution is -2.52. The Morgan fingerprint density at radius 1 is 1.42 bits per heavy atom. The molecule has 0 saturated carbocycles. The van der Waals surface area contributed by atoms with Crippen molar-refractivity contribution in [3.05, 3.63) is 12.7 Å². The Labute approximate surface area is 143 Å². The molecule has 1 aliphatic rings. The van der Waals surface area contributed by atoms with Gasteiger partial charge < -0.3 is 20.1 Å². The number of carboxylic acid groups (broad SMARTS) is 1. The average Bonchev–Trinajstić information content (AvgIpc) is 2.93. The molecule has 0 spiro atoms. The molecule has 1 fully saturated rings. The van der Waals surface area contributed by atoms with Gasteiger partial charge in [-0.05, 0) is 18.3 Å². The van der Waals surface area contributed by atoms with Gasteiger partial charge in [0.15, 0.2) is 6.04 Å². The average molecular weight is 340 g/mol. The summed E-state index contributed by atoms with van der Waals surface area (Å²) >= 11 is 0. The molecule has 0 aromatic carbocycles. The molecule has 2 amide bonds. The molecule has 0 radical (unpaired) electrons. The molecule has 1 rings (SSSR count). The van der Waals surface area contributed by atoms with Gasteiger partial charge in [-0.2, -0.15) is 0 Å². The van der Waals surface area contributed by atoms with E-state index < -0.39 is 24.0 Å². The molecule has 1 heterocycles. The van der Waals surface area contributed by atoms with Crippen molar-refractivity contribution in [3.63, 3.8) is 0 Å². The predicted octanol–water partition coefficient (Wildman–Crippen LogP) is 1.19. The number of likely N-dealkylation sites (tertiary alicyclic amines) is 1. The van der Waals surface area contributed by atoms with Gasteiger partial charge in [0.2, 0.25) is 11.8 Å². The molecule has 7 nitrogen and oxygen atoms in total. The minimum atomic E-state index is -1.17. The molecule has 2 atom stereocenters. The first-order valence-corrected chi connectivity index (χ1v) is 8.17. The van der Waals surface area contributed by atoms with Crippen molar-refractivity contribution in [1.29, 1.82) is 0 Å². The fourth-order valence-corrected chi connectivity index (χ4v) is 2.60. The van der Waals surface area contributed by atoms with Crippen molar-refractivity contribution in [2.24, 2.45) is 5.41 Å². The number of carbonyl (C=O) groups is 3. The first-order valence-electron chi connectivity index (χ1n) is 8.17. The number of rotatable bonds is 8. The smallest absolute Gasteiger partial charge is 0.328 e. The van der Waals surface area contributed by atoms with Crippen molar-refractivity contribution in [1.82, 2.24) is 10.2 Å². The van der Waals surface area contributed by atoms with E-state index in [-0.39, 0.29) is 24.5 Å². The van der Waals surface area contributed by atoms with E-state index in [1.54, 1.807) is 4.90 Å². The van der Waals surface area contributed by atoms with Crippen LogP contribution in [0.25, 0.3) is 0 Å². The summed E-state index contributed by atoms with van der Waals surface area (Å²) in [6.07, 6.45) is 3.13. The maximum atomic E-state index is 12.4. The predicted molar refractivity (Wildman–Crippen MR) is 89.4 cm³/mol. The summed E-state index contributed by atoms with van der Waals surface area (Å²) in [5, 5.41) is 11.7. The van der Waals surface area contributed by atoms with Crippen LogP contribution >= 0.6 is 0 Å². The number of hydrogen-bond acceptors (Lipinski definition) is 4. The topological polar surface area (TPSA) is 95.9 Å². The number of amides is 2. The van der Waals surface area contributed by atoms with Gasteiger partial charge in [-0.1, -0.05) is 26.8 Å². The third kappa shape index (κ3) is 6.31. The van der Waals surface area contributed by atoms with Gasteiger partial charge in [0, 0.05) is 13.0 Å². The highest BCUT2D eigenvalue weighted by atomic mass is 16.5. The van der Waals surface area contributed by atoms with Crippen LogP contribution in [0.5, 0.6) is 0 Å². The number of hydrogen-bond donors (Lipinski definition) is 2. The summed E-state index contributed by atoms with van der Waals surface area (Å²) in [5.74, 6) is -1.68. The summed E-state index contributed by atoms with van der Waals surface area (Å²) < 4.78 is 5.12. The number of nitrogens with one attached hydrogen (secondary N) is 1. The molecule has 1 saturated heterocycles. The van der Waals surface area contributed by atoms with E-state index in [9.17, 15) is 19.5 Å². The minimum Gasteiger partial charge on any atom is -0.480 e. The zero-order valence-corrected chi connectivity index (χ0v) is 14.7. The van der Waals surface area contributed by atoms with Crippen LogP contribution in [0.1, 0.15) is 40.0 Å². The monoisotopic (exact) mass is 340 g/mol. The van der Waals surface area contributed by atoms with E-state index in [0.717, 1.165) is 6.42 Å². The van der Waals surface area contributed by atoms with Crippen LogP contribution < -0.4 is 5.32 Å². The number of nitrogens with zero attached hydrogens (tertiary/aromatic N) is 1. The third-order valence-corrected chi connectivity index (χ3v) is 3.69. The standard InChI is InChI=1S/C17H28N2O5/c1-5-9-24-11-12(16(22)23)18-15(21)13-7-6-8-19(13)14(20)10-17(2,3)4/h5,12-13H,1,6-11H2,2-4H3,(H,18,21)(H,22,23). The van der Waals surface area contributed by atoms with Crippen molar-refractivity contribution >= 4 is 17.8 Å². The van der Waals surface area contributed by atoms with Gasteiger partial charge >= 0.3 is 5.97 Å². The number of aliphatic carboxylic acids is 1. The summed E-state index contributed by atoms with van der Waals surface area (Å²) in [6, 6.07) is -1.75. The number of carboxylic acids is 1. The van der Waals surface area contributed by atoms with Gasteiger partial charge in [-0.3, -0.25) is 9.59 Å². The molecular formula is C17H28N2O5. The van der Waals surface area contributed by atoms with Gasteiger partial charge in [-0.25, -0.2) is 4.79 Å². The molecule has 0 aromatic rings. The normalized spacial score (nSPS) is 19.0. The first kappa shape index (κ1) is 20.2. The highest BCUT2D eigenvalue weighted by molar-refractivity contribution is 5.91. The van der Waals surface area contributed by atoms with E-state index in [4.69, 9.17) is 4.74 Å². The second kappa shape index (κ2) is 8.82. The molecule has 1 aliphatic heterocycles. The summed E-state index contributed by atoms with van der Waals surface area (Å²) in [6.45, 7) is 9.97. The van der Waals surface area contributed by atoms with Crippen molar-refractivity contribution in [2.45, 2.75) is 52.1 Å². The van der Waals surface area contributed by atoms with Crippen molar-refractivity contribution < 1.29 is 24.2 Å². The van der Waals surface area contributed by atoms with Gasteiger partial charge in [0.25, 0.3) is 0 Å². The second-order valence-corrected chi connectivity index (χ2v) is 7.21. The van der Waals surface area contributed by atoms with Crippen LogP contribution in [0.15, 0.2) is 12.7 Å². The highest BCUT2D eigenvalue weighted by Crippen LogP contribution is 2.24. The largest absolute Gasteiger partial charge is 0.480 e. The number of ether oxygens (including phenoxy) is 1. The van der Waals surface area contributed by atoms with Crippen LogP contribution in [0, 0.1) is 5.41 Å². The summed E-state index contributed by atoms with van der Waals surface area (Å²) in [7, 11) is 0. The lowest BCUT2D eigenvalue weighted by Gasteiger charge is -2.28. The van der Waals surface area contributed by atoms with Gasteiger partial charge in [-0.15, -0.1) is 6.58 Å². The first-order chi connectivity index (χ1) is 11.2. The second-order valence-electron chi connectivity index (χ2n) is 7.21. The fourth-order valence-electron chi connectivity index (χ4n) is 2.60. The Balaban J connectivity index is 2.68. The summed E-state index contributed by atoms with van der Waals surface area (Å²) in [5.41, 5.74) is -0.164. The van der Waals surface area contributed by atoms with Crippen LogP contribution in [0.2, 0.25) is 0 Å². The molecular weight excluding hydrogens is 312 g/mol. The molecule has 7 heteroatoms. The molecule has 0 aromatic heterocycles. The van der Waals surface area contributed by atoms with Crippen LogP contribution in [-0.4, -0.2) is 59.6 Å². The molecule has 0 aliphatic carbocycles. The Kier molecular flexibility index (Phi) is 7.41. The van der Waals surface area contributed by atoms with Gasteiger partial charge in [0.05, 0.1) is 13.2 Å². The SMILES string of the molecule is C=CCOCC(NC(=O)C1CCCN1C(=O)CC(C)(C)C)C(=O)O. The van der Waals surface area contributed by atoms with Crippen LogP contribution in [0.4, 0.5) is 0 Å². The Morgan fingerprint density at radius 2 is 2.08 bits per heavy atom. The maximum absolute atomic E-state index is 12.4. The van der Waals surface area contributed by atoms with E-state index in [1.165, 1.54) is 6.08 Å².